The Bertz CT molecular complexity index is 537. The first-order valence-electron chi connectivity index (χ1n) is 7.51. The number of nitrogens with one attached hydrogen (secondary N) is 1. The lowest BCUT2D eigenvalue weighted by atomic mass is 10.2. The van der Waals surface area contributed by atoms with Crippen molar-refractivity contribution in [1.29, 1.82) is 0 Å². The lowest BCUT2D eigenvalue weighted by Gasteiger charge is -2.12. The van der Waals surface area contributed by atoms with E-state index >= 15 is 0 Å². The van der Waals surface area contributed by atoms with Gasteiger partial charge in [0, 0.05) is 6.54 Å². The van der Waals surface area contributed by atoms with Crippen LogP contribution in [0.15, 0.2) is 48.5 Å². The van der Waals surface area contributed by atoms with Crippen molar-refractivity contribution in [3.63, 3.8) is 0 Å². The molecule has 2 aromatic carbocycles. The second-order valence-electron chi connectivity index (χ2n) is 4.78. The molecule has 0 aliphatic heterocycles. The summed E-state index contributed by atoms with van der Waals surface area (Å²) in [6.07, 6.45) is 1.03. The molecule has 0 fully saturated rings. The molecule has 3 heteroatoms. The molecule has 112 valence electrons. The maximum absolute atomic E-state index is 5.61. The summed E-state index contributed by atoms with van der Waals surface area (Å²) in [5, 5.41) is 3.41. The van der Waals surface area contributed by atoms with Crippen molar-refractivity contribution in [1.82, 2.24) is 0 Å². The Morgan fingerprint density at radius 2 is 1.67 bits per heavy atom. The molecule has 3 nitrogen and oxygen atoms in total. The van der Waals surface area contributed by atoms with E-state index in [2.05, 4.69) is 24.4 Å². The highest BCUT2D eigenvalue weighted by atomic mass is 16.5. The molecule has 0 amide bonds. The van der Waals surface area contributed by atoms with E-state index in [4.69, 9.17) is 9.47 Å². The van der Waals surface area contributed by atoms with E-state index in [1.807, 2.05) is 43.3 Å². The van der Waals surface area contributed by atoms with Crippen molar-refractivity contribution in [3.8, 4) is 11.5 Å². The molecule has 0 saturated heterocycles. The highest BCUT2D eigenvalue weighted by Gasteiger charge is 2.02. The molecule has 21 heavy (non-hydrogen) atoms. The van der Waals surface area contributed by atoms with Gasteiger partial charge >= 0.3 is 0 Å². The van der Waals surface area contributed by atoms with E-state index in [0.29, 0.717) is 6.61 Å². The second kappa shape index (κ2) is 8.20. The number of hydrogen-bond donors (Lipinski definition) is 1. The van der Waals surface area contributed by atoms with Crippen LogP contribution in [0, 0.1) is 0 Å². The zero-order valence-electron chi connectivity index (χ0n) is 12.8. The van der Waals surface area contributed by atoms with Gasteiger partial charge in [0.2, 0.25) is 0 Å². The zero-order chi connectivity index (χ0) is 14.9. The van der Waals surface area contributed by atoms with Crippen molar-refractivity contribution in [2.75, 3.05) is 18.5 Å². The fraction of sp³-hybridized carbons (Fsp3) is 0.333. The van der Waals surface area contributed by atoms with Crippen LogP contribution in [0.25, 0.3) is 0 Å². The number of benzene rings is 2. The summed E-state index contributed by atoms with van der Waals surface area (Å²) in [7, 11) is 0. The number of hydrogen-bond acceptors (Lipinski definition) is 3. The van der Waals surface area contributed by atoms with Gasteiger partial charge in [0.15, 0.2) is 0 Å². The van der Waals surface area contributed by atoms with E-state index in [1.165, 1.54) is 5.56 Å². The van der Waals surface area contributed by atoms with Gasteiger partial charge in [-0.3, -0.25) is 0 Å². The normalized spacial score (nSPS) is 10.2. The van der Waals surface area contributed by atoms with Gasteiger partial charge < -0.3 is 14.8 Å². The third-order valence-electron chi connectivity index (χ3n) is 3.07. The van der Waals surface area contributed by atoms with Crippen molar-refractivity contribution in [2.45, 2.75) is 26.8 Å². The molecule has 0 unspecified atom stereocenters. The van der Waals surface area contributed by atoms with Crippen LogP contribution in [-0.4, -0.2) is 13.2 Å². The summed E-state index contributed by atoms with van der Waals surface area (Å²) in [5.74, 6) is 1.82. The predicted molar refractivity (Wildman–Crippen MR) is 87.2 cm³/mol. The van der Waals surface area contributed by atoms with Crippen LogP contribution in [-0.2, 0) is 6.54 Å². The van der Waals surface area contributed by atoms with Crippen LogP contribution in [0.1, 0.15) is 25.8 Å². The molecule has 0 bridgehead atoms. The van der Waals surface area contributed by atoms with Gasteiger partial charge in [-0.15, -0.1) is 0 Å². The fourth-order valence-corrected chi connectivity index (χ4v) is 2.01. The van der Waals surface area contributed by atoms with Gasteiger partial charge in [-0.25, -0.2) is 0 Å². The topological polar surface area (TPSA) is 30.5 Å². The van der Waals surface area contributed by atoms with Crippen molar-refractivity contribution in [2.24, 2.45) is 0 Å². The van der Waals surface area contributed by atoms with Crippen LogP contribution in [0.3, 0.4) is 0 Å². The molecule has 0 atom stereocenters. The van der Waals surface area contributed by atoms with Gasteiger partial charge in [0.05, 0.1) is 18.9 Å². The molecule has 0 saturated carbocycles. The molecule has 0 spiro atoms. The Kier molecular flexibility index (Phi) is 5.95. The summed E-state index contributed by atoms with van der Waals surface area (Å²) < 4.78 is 11.2. The SMILES string of the molecule is CCCOc1ccc(CNc2ccccc2OCC)cc1. The second-order valence-corrected chi connectivity index (χ2v) is 4.78. The van der Waals surface area contributed by atoms with Crippen LogP contribution in [0.5, 0.6) is 11.5 Å². The van der Waals surface area contributed by atoms with E-state index in [1.54, 1.807) is 0 Å². The summed E-state index contributed by atoms with van der Waals surface area (Å²) in [5.41, 5.74) is 2.23. The lowest BCUT2D eigenvalue weighted by molar-refractivity contribution is 0.317. The smallest absolute Gasteiger partial charge is 0.142 e. The maximum Gasteiger partial charge on any atom is 0.142 e. The molecule has 0 radical (unpaired) electrons. The molecule has 1 N–H and O–H groups in total. The molecule has 0 aliphatic carbocycles. The van der Waals surface area contributed by atoms with E-state index in [0.717, 1.165) is 36.8 Å². The minimum Gasteiger partial charge on any atom is -0.494 e. The van der Waals surface area contributed by atoms with E-state index in [-0.39, 0.29) is 0 Å². The third-order valence-corrected chi connectivity index (χ3v) is 3.07. The average Bonchev–Trinajstić information content (AvgIpc) is 2.53. The largest absolute Gasteiger partial charge is 0.494 e. The lowest BCUT2D eigenvalue weighted by Crippen LogP contribution is -2.02. The van der Waals surface area contributed by atoms with Crippen molar-refractivity contribution in [3.05, 3.63) is 54.1 Å². The number of anilines is 1. The quantitative estimate of drug-likeness (QED) is 0.775. The summed E-state index contributed by atoms with van der Waals surface area (Å²) in [6.45, 7) is 6.29. The zero-order valence-corrected chi connectivity index (χ0v) is 12.8. The molecular formula is C18H23NO2. The Balaban J connectivity index is 1.93. The standard InChI is InChI=1S/C18H23NO2/c1-3-13-21-16-11-9-15(10-12-16)14-19-17-7-5-6-8-18(17)20-4-2/h5-12,19H,3-4,13-14H2,1-2H3. The predicted octanol–water partition coefficient (Wildman–Crippen LogP) is 4.49. The number of para-hydroxylation sites is 2. The Morgan fingerprint density at radius 1 is 0.905 bits per heavy atom. The van der Waals surface area contributed by atoms with Crippen LogP contribution in [0.4, 0.5) is 5.69 Å². The number of rotatable bonds is 8. The number of ether oxygens (including phenoxy) is 2. The average molecular weight is 285 g/mol. The van der Waals surface area contributed by atoms with Crippen LogP contribution < -0.4 is 14.8 Å². The van der Waals surface area contributed by atoms with Crippen molar-refractivity contribution < 1.29 is 9.47 Å². The van der Waals surface area contributed by atoms with Gasteiger partial charge in [-0.05, 0) is 43.2 Å². The van der Waals surface area contributed by atoms with Gasteiger partial charge in [0.1, 0.15) is 11.5 Å². The van der Waals surface area contributed by atoms with Crippen LogP contribution in [0.2, 0.25) is 0 Å². The minimum atomic E-state index is 0.669. The first kappa shape index (κ1) is 15.2. The summed E-state index contributed by atoms with van der Waals surface area (Å²) in [4.78, 5) is 0. The van der Waals surface area contributed by atoms with Gasteiger partial charge in [0.25, 0.3) is 0 Å². The first-order valence-corrected chi connectivity index (χ1v) is 7.51. The molecular weight excluding hydrogens is 262 g/mol. The van der Waals surface area contributed by atoms with Gasteiger partial charge in [-0.1, -0.05) is 31.2 Å². The highest BCUT2D eigenvalue weighted by Crippen LogP contribution is 2.24. The minimum absolute atomic E-state index is 0.669. The Hall–Kier alpha value is -2.16. The molecule has 2 rings (SSSR count). The Labute approximate surface area is 126 Å². The van der Waals surface area contributed by atoms with Gasteiger partial charge in [-0.2, -0.15) is 0 Å². The van der Waals surface area contributed by atoms with Crippen LogP contribution >= 0.6 is 0 Å². The van der Waals surface area contributed by atoms with Crippen molar-refractivity contribution >= 4 is 5.69 Å². The maximum atomic E-state index is 5.61. The molecule has 0 heterocycles. The van der Waals surface area contributed by atoms with E-state index in [9.17, 15) is 0 Å². The molecule has 2 aromatic rings. The molecule has 0 aliphatic rings. The summed E-state index contributed by atoms with van der Waals surface area (Å²) >= 11 is 0. The molecule has 0 aromatic heterocycles. The monoisotopic (exact) mass is 285 g/mol. The highest BCUT2D eigenvalue weighted by molar-refractivity contribution is 5.56. The third kappa shape index (κ3) is 4.71. The Morgan fingerprint density at radius 3 is 2.38 bits per heavy atom. The fourth-order valence-electron chi connectivity index (χ4n) is 2.01. The van der Waals surface area contributed by atoms with E-state index < -0.39 is 0 Å². The summed E-state index contributed by atoms with van der Waals surface area (Å²) in [6, 6.07) is 16.2. The first-order chi connectivity index (χ1) is 10.3.